The van der Waals surface area contributed by atoms with Crippen molar-refractivity contribution in [2.75, 3.05) is 5.32 Å². The third-order valence-electron chi connectivity index (χ3n) is 2.63. The Balaban J connectivity index is 2.16. The number of urea groups is 1. The molecule has 1 aromatic carbocycles. The van der Waals surface area contributed by atoms with Crippen molar-refractivity contribution >= 4 is 12.0 Å². The molecule has 0 fully saturated rings. The van der Waals surface area contributed by atoms with Gasteiger partial charge in [0.2, 0.25) is 0 Å². The molecule has 21 heavy (non-hydrogen) atoms. The zero-order valence-electron chi connectivity index (χ0n) is 10.9. The van der Waals surface area contributed by atoms with E-state index in [0.717, 1.165) is 0 Å². The molecular formula is C13H12F3N3O2. The highest BCUT2D eigenvalue weighted by Crippen LogP contribution is 2.33. The summed E-state index contributed by atoms with van der Waals surface area (Å²) in [7, 11) is 0. The fourth-order valence-electron chi connectivity index (χ4n) is 1.75. The first kappa shape index (κ1) is 14.9. The first-order valence-corrected chi connectivity index (χ1v) is 5.96. The lowest BCUT2D eigenvalue weighted by atomic mass is 10.0. The molecule has 1 unspecified atom stereocenters. The van der Waals surface area contributed by atoms with Crippen LogP contribution in [0.2, 0.25) is 0 Å². The number of aromatic nitrogens is 1. The van der Waals surface area contributed by atoms with Gasteiger partial charge in [0.15, 0.2) is 6.04 Å². The molecule has 112 valence electrons. The molecule has 2 N–H and O–H groups in total. The van der Waals surface area contributed by atoms with Gasteiger partial charge in [0.05, 0.1) is 6.20 Å². The normalized spacial score (nSPS) is 12.8. The number of carbonyl (C=O) groups is 1. The van der Waals surface area contributed by atoms with Crippen molar-refractivity contribution in [3.63, 3.8) is 0 Å². The smallest absolute Gasteiger partial charge is 0.412 e. The highest BCUT2D eigenvalue weighted by atomic mass is 19.4. The predicted octanol–water partition coefficient (Wildman–Crippen LogP) is 3.41. The Kier molecular flexibility index (Phi) is 4.15. The monoisotopic (exact) mass is 299 g/mol. The highest BCUT2D eigenvalue weighted by molar-refractivity contribution is 5.87. The van der Waals surface area contributed by atoms with Gasteiger partial charge in [0.25, 0.3) is 0 Å². The van der Waals surface area contributed by atoms with Gasteiger partial charge in [0.1, 0.15) is 6.26 Å². The van der Waals surface area contributed by atoms with Crippen molar-refractivity contribution < 1.29 is 22.4 Å². The van der Waals surface area contributed by atoms with E-state index in [1.54, 1.807) is 13.0 Å². The molecule has 0 bridgehead atoms. The summed E-state index contributed by atoms with van der Waals surface area (Å²) >= 11 is 0. The van der Waals surface area contributed by atoms with Crippen LogP contribution in [0.3, 0.4) is 0 Å². The largest absolute Gasteiger partial charge is 0.432 e. The number of aryl methyl sites for hydroxylation is 1. The minimum absolute atomic E-state index is 0.0509. The number of nitrogens with one attached hydrogen (secondary N) is 2. The molecule has 0 aliphatic rings. The number of nitrogens with zero attached hydrogens (tertiary/aromatic N) is 1. The van der Waals surface area contributed by atoms with Crippen molar-refractivity contribution in [1.82, 2.24) is 10.3 Å². The standard InChI is InChI=1S/C13H12F3N3O2/c1-8-3-2-4-9(7-8)10(13(14,15)16)18-11(20)19-12-17-5-6-21-12/h2-7,10H,1H3,(H2,17,18,19,20). The molecule has 0 aliphatic heterocycles. The van der Waals surface area contributed by atoms with Crippen LogP contribution in [0.5, 0.6) is 0 Å². The van der Waals surface area contributed by atoms with Crippen LogP contribution in [0.15, 0.2) is 41.1 Å². The summed E-state index contributed by atoms with van der Waals surface area (Å²) in [4.78, 5) is 15.2. The number of halogens is 3. The van der Waals surface area contributed by atoms with E-state index in [0.29, 0.717) is 5.56 Å². The summed E-state index contributed by atoms with van der Waals surface area (Å²) < 4.78 is 44.0. The van der Waals surface area contributed by atoms with Crippen LogP contribution >= 0.6 is 0 Å². The van der Waals surface area contributed by atoms with Gasteiger partial charge in [-0.2, -0.15) is 13.2 Å². The van der Waals surface area contributed by atoms with Gasteiger partial charge in [-0.3, -0.25) is 5.32 Å². The molecule has 8 heteroatoms. The summed E-state index contributed by atoms with van der Waals surface area (Å²) in [6.45, 7) is 1.67. The van der Waals surface area contributed by atoms with Gasteiger partial charge in [0, 0.05) is 0 Å². The molecule has 2 aromatic rings. The number of oxazole rings is 1. The Bertz CT molecular complexity index is 611. The SMILES string of the molecule is Cc1cccc(C(NC(=O)Nc2ncco2)C(F)(F)F)c1. The molecule has 0 saturated heterocycles. The highest BCUT2D eigenvalue weighted by Gasteiger charge is 2.42. The van der Waals surface area contributed by atoms with Crippen LogP contribution in [-0.2, 0) is 0 Å². The second-order valence-electron chi connectivity index (χ2n) is 4.32. The van der Waals surface area contributed by atoms with E-state index >= 15 is 0 Å². The average molecular weight is 299 g/mol. The second kappa shape index (κ2) is 5.86. The lowest BCUT2D eigenvalue weighted by Crippen LogP contribution is -2.40. The molecular weight excluding hydrogens is 287 g/mol. The molecule has 2 rings (SSSR count). The summed E-state index contributed by atoms with van der Waals surface area (Å²) in [6, 6.07) is 2.48. The third-order valence-corrected chi connectivity index (χ3v) is 2.63. The molecule has 0 saturated carbocycles. The topological polar surface area (TPSA) is 67.2 Å². The van der Waals surface area contributed by atoms with E-state index < -0.39 is 18.2 Å². The molecule has 1 heterocycles. The Morgan fingerprint density at radius 3 is 2.71 bits per heavy atom. The van der Waals surface area contributed by atoms with Crippen molar-refractivity contribution in [3.8, 4) is 0 Å². The maximum absolute atomic E-state index is 13.1. The fourth-order valence-corrected chi connectivity index (χ4v) is 1.75. The van der Waals surface area contributed by atoms with E-state index in [-0.39, 0.29) is 11.6 Å². The minimum Gasteiger partial charge on any atom is -0.432 e. The number of hydrogen-bond donors (Lipinski definition) is 2. The van der Waals surface area contributed by atoms with E-state index in [4.69, 9.17) is 4.42 Å². The number of anilines is 1. The fraction of sp³-hybridized carbons (Fsp3) is 0.231. The van der Waals surface area contributed by atoms with Gasteiger partial charge in [-0.1, -0.05) is 29.8 Å². The minimum atomic E-state index is -4.62. The lowest BCUT2D eigenvalue weighted by Gasteiger charge is -2.22. The van der Waals surface area contributed by atoms with Crippen LogP contribution < -0.4 is 10.6 Å². The van der Waals surface area contributed by atoms with Crippen molar-refractivity contribution in [1.29, 1.82) is 0 Å². The summed E-state index contributed by atoms with van der Waals surface area (Å²) in [5.41, 5.74) is 0.613. The first-order valence-electron chi connectivity index (χ1n) is 5.96. The number of carbonyl (C=O) groups excluding carboxylic acids is 1. The number of alkyl halides is 3. The molecule has 1 atom stereocenters. The maximum Gasteiger partial charge on any atom is 0.412 e. The van der Waals surface area contributed by atoms with Crippen molar-refractivity contribution in [2.45, 2.75) is 19.1 Å². The van der Waals surface area contributed by atoms with Gasteiger partial charge in [-0.25, -0.2) is 9.78 Å². The predicted molar refractivity (Wildman–Crippen MR) is 68.6 cm³/mol. The van der Waals surface area contributed by atoms with Crippen LogP contribution in [0, 0.1) is 6.92 Å². The maximum atomic E-state index is 13.1. The van der Waals surface area contributed by atoms with E-state index in [1.807, 2.05) is 5.32 Å². The Morgan fingerprint density at radius 1 is 1.38 bits per heavy atom. The summed E-state index contributed by atoms with van der Waals surface area (Å²) in [5, 5.41) is 3.94. The van der Waals surface area contributed by atoms with Gasteiger partial charge >= 0.3 is 18.2 Å². The van der Waals surface area contributed by atoms with Crippen molar-refractivity contribution in [2.24, 2.45) is 0 Å². The lowest BCUT2D eigenvalue weighted by molar-refractivity contribution is -0.154. The zero-order valence-corrected chi connectivity index (χ0v) is 10.9. The van der Waals surface area contributed by atoms with Gasteiger partial charge in [-0.15, -0.1) is 0 Å². The Morgan fingerprint density at radius 2 is 2.14 bits per heavy atom. The third kappa shape index (κ3) is 3.98. The number of hydrogen-bond acceptors (Lipinski definition) is 3. The Hall–Kier alpha value is -2.51. The van der Waals surface area contributed by atoms with Gasteiger partial charge in [-0.05, 0) is 12.5 Å². The Labute approximate surface area is 118 Å². The zero-order chi connectivity index (χ0) is 15.5. The van der Waals surface area contributed by atoms with Crippen molar-refractivity contribution in [3.05, 3.63) is 47.9 Å². The van der Waals surface area contributed by atoms with E-state index in [2.05, 4.69) is 10.3 Å². The van der Waals surface area contributed by atoms with E-state index in [1.165, 1.54) is 30.7 Å². The molecule has 0 spiro atoms. The van der Waals surface area contributed by atoms with Crippen LogP contribution in [0.4, 0.5) is 24.0 Å². The number of rotatable bonds is 3. The van der Waals surface area contributed by atoms with Gasteiger partial charge < -0.3 is 9.73 Å². The molecule has 0 radical (unpaired) electrons. The quantitative estimate of drug-likeness (QED) is 0.912. The molecule has 5 nitrogen and oxygen atoms in total. The van der Waals surface area contributed by atoms with E-state index in [9.17, 15) is 18.0 Å². The van der Waals surface area contributed by atoms with Crippen LogP contribution in [-0.4, -0.2) is 17.2 Å². The molecule has 1 aromatic heterocycles. The summed E-state index contributed by atoms with van der Waals surface area (Å²) in [5.74, 6) is 0. The first-order chi connectivity index (χ1) is 9.86. The second-order valence-corrected chi connectivity index (χ2v) is 4.32. The average Bonchev–Trinajstić information content (AvgIpc) is 2.87. The van der Waals surface area contributed by atoms with Crippen LogP contribution in [0.1, 0.15) is 17.2 Å². The van der Waals surface area contributed by atoms with Crippen LogP contribution in [0.25, 0.3) is 0 Å². The number of benzene rings is 1. The number of amides is 2. The molecule has 0 aliphatic carbocycles. The summed E-state index contributed by atoms with van der Waals surface area (Å²) in [6.07, 6.45) is -2.17. The molecule has 2 amide bonds.